The predicted molar refractivity (Wildman–Crippen MR) is 108 cm³/mol. The van der Waals surface area contributed by atoms with Gasteiger partial charge in [0.15, 0.2) is 0 Å². The van der Waals surface area contributed by atoms with Gasteiger partial charge in [-0.05, 0) is 49.1 Å². The van der Waals surface area contributed by atoms with E-state index in [0.717, 1.165) is 57.7 Å². The molecule has 3 atom stereocenters. The van der Waals surface area contributed by atoms with Gasteiger partial charge in [-0.15, -0.1) is 0 Å². The lowest BCUT2D eigenvalue weighted by Crippen LogP contribution is -2.42. The highest BCUT2D eigenvalue weighted by molar-refractivity contribution is 5.79. The van der Waals surface area contributed by atoms with Crippen molar-refractivity contribution in [2.45, 2.75) is 71.1 Å². The zero-order chi connectivity index (χ0) is 21.0. The van der Waals surface area contributed by atoms with Crippen molar-refractivity contribution < 1.29 is 18.0 Å². The average Bonchev–Trinajstić information content (AvgIpc) is 3.22. The third kappa shape index (κ3) is 5.53. The Morgan fingerprint density at radius 1 is 1.17 bits per heavy atom. The van der Waals surface area contributed by atoms with Gasteiger partial charge < -0.3 is 5.32 Å². The Balaban J connectivity index is 1.58. The number of carbonyl (C=O) groups is 1. The quantitative estimate of drug-likeness (QED) is 0.635. The van der Waals surface area contributed by atoms with Crippen molar-refractivity contribution in [3.05, 3.63) is 35.4 Å². The smallest absolute Gasteiger partial charge is 0.353 e. The maximum absolute atomic E-state index is 13.0. The third-order valence-electron chi connectivity index (χ3n) is 6.57. The molecule has 3 nitrogen and oxygen atoms in total. The highest BCUT2D eigenvalue weighted by Gasteiger charge is 2.43. The maximum atomic E-state index is 13.0. The molecule has 2 aliphatic rings. The van der Waals surface area contributed by atoms with Crippen LogP contribution >= 0.6 is 0 Å². The molecule has 3 rings (SSSR count). The number of carbonyl (C=O) groups excluding carboxylic acids is 1. The van der Waals surface area contributed by atoms with Gasteiger partial charge in [0.05, 0.1) is 5.56 Å². The van der Waals surface area contributed by atoms with Crippen LogP contribution in [0.3, 0.4) is 0 Å². The van der Waals surface area contributed by atoms with Gasteiger partial charge in [0.2, 0.25) is 5.91 Å². The van der Waals surface area contributed by atoms with E-state index in [4.69, 9.17) is 0 Å². The lowest BCUT2D eigenvalue weighted by molar-refractivity contribution is -0.137. The Kier molecular flexibility index (Phi) is 7.25. The van der Waals surface area contributed by atoms with Crippen LogP contribution in [0.15, 0.2) is 24.3 Å². The largest absolute Gasteiger partial charge is 0.416 e. The zero-order valence-electron chi connectivity index (χ0n) is 17.5. The van der Waals surface area contributed by atoms with Crippen LogP contribution in [0.1, 0.15) is 63.5 Å². The summed E-state index contributed by atoms with van der Waals surface area (Å²) >= 11 is 0. The van der Waals surface area contributed by atoms with Gasteiger partial charge >= 0.3 is 6.18 Å². The molecule has 0 radical (unpaired) electrons. The standard InChI is InChI=1S/C23H33F3N2O/c1-3-6-17(7-4-2)22(29)27-21-11-10-18-14-28(15-20(18)21)13-16-8-5-9-19(12-16)23(24,25)26/h5,8-9,12,17-18,20-21H,3-4,6-7,10-11,13-15H2,1-2H3,(H,27,29)/t18-,20+,21-/m0/s1. The molecule has 1 saturated heterocycles. The summed E-state index contributed by atoms with van der Waals surface area (Å²) in [6.07, 6.45) is 1.69. The molecule has 1 saturated carbocycles. The number of benzene rings is 1. The van der Waals surface area contributed by atoms with Gasteiger partial charge in [-0.1, -0.05) is 44.9 Å². The molecule has 0 aromatic heterocycles. The van der Waals surface area contributed by atoms with E-state index in [-0.39, 0.29) is 17.9 Å². The molecule has 1 aliphatic carbocycles. The molecule has 0 spiro atoms. The number of amides is 1. The molecular weight excluding hydrogens is 377 g/mol. The lowest BCUT2D eigenvalue weighted by atomic mass is 9.94. The fraction of sp³-hybridized carbons (Fsp3) is 0.696. The van der Waals surface area contributed by atoms with Crippen molar-refractivity contribution in [1.82, 2.24) is 10.2 Å². The van der Waals surface area contributed by atoms with E-state index in [9.17, 15) is 18.0 Å². The van der Waals surface area contributed by atoms with Crippen molar-refractivity contribution >= 4 is 5.91 Å². The second kappa shape index (κ2) is 9.50. The number of fused-ring (bicyclic) bond motifs is 1. The van der Waals surface area contributed by atoms with Crippen LogP contribution in [0.5, 0.6) is 0 Å². The molecule has 6 heteroatoms. The molecule has 0 bridgehead atoms. The van der Waals surface area contributed by atoms with E-state index in [1.165, 1.54) is 12.1 Å². The first-order valence-electron chi connectivity index (χ1n) is 11.0. The van der Waals surface area contributed by atoms with Crippen molar-refractivity contribution in [3.63, 3.8) is 0 Å². The summed E-state index contributed by atoms with van der Waals surface area (Å²) in [7, 11) is 0. The maximum Gasteiger partial charge on any atom is 0.416 e. The summed E-state index contributed by atoms with van der Waals surface area (Å²) in [5, 5.41) is 3.32. The highest BCUT2D eigenvalue weighted by Crippen LogP contribution is 2.39. The van der Waals surface area contributed by atoms with Crippen molar-refractivity contribution in [1.29, 1.82) is 0 Å². The van der Waals surface area contributed by atoms with Crippen LogP contribution in [0.4, 0.5) is 13.2 Å². The van der Waals surface area contributed by atoms with Crippen molar-refractivity contribution in [2.75, 3.05) is 13.1 Å². The van der Waals surface area contributed by atoms with Crippen LogP contribution in [-0.2, 0) is 17.5 Å². The van der Waals surface area contributed by atoms with Gasteiger partial charge in [-0.25, -0.2) is 0 Å². The molecule has 1 aromatic rings. The normalized spacial score (nSPS) is 24.8. The van der Waals surface area contributed by atoms with Crippen LogP contribution < -0.4 is 5.32 Å². The molecular formula is C23H33F3N2O. The minimum atomic E-state index is -4.31. The number of hydrogen-bond acceptors (Lipinski definition) is 2. The predicted octanol–water partition coefficient (Wildman–Crippen LogP) is 5.25. The topological polar surface area (TPSA) is 32.3 Å². The minimum Gasteiger partial charge on any atom is -0.353 e. The molecule has 2 fully saturated rings. The number of rotatable bonds is 8. The van der Waals surface area contributed by atoms with Crippen LogP contribution in [0.25, 0.3) is 0 Å². The van der Waals surface area contributed by atoms with Gasteiger partial charge in [0.25, 0.3) is 0 Å². The molecule has 1 aromatic carbocycles. The molecule has 0 unspecified atom stereocenters. The fourth-order valence-electron chi connectivity index (χ4n) is 5.17. The SMILES string of the molecule is CCCC(CCC)C(=O)N[C@H]1CC[C@H]2CN(Cc3cccc(C(F)(F)F)c3)C[C@H]21. The second-order valence-electron chi connectivity index (χ2n) is 8.78. The number of halogens is 3. The first-order valence-corrected chi connectivity index (χ1v) is 11.0. The summed E-state index contributed by atoms with van der Waals surface area (Å²) in [5.74, 6) is 1.23. The summed E-state index contributed by atoms with van der Waals surface area (Å²) in [6.45, 7) is 6.51. The van der Waals surface area contributed by atoms with E-state index in [2.05, 4.69) is 24.1 Å². The van der Waals surface area contributed by atoms with Crippen LogP contribution in [0.2, 0.25) is 0 Å². The molecule has 1 heterocycles. The summed E-state index contributed by atoms with van der Waals surface area (Å²) < 4.78 is 38.9. The Morgan fingerprint density at radius 3 is 2.55 bits per heavy atom. The van der Waals surface area contributed by atoms with E-state index in [0.29, 0.717) is 23.9 Å². The van der Waals surface area contributed by atoms with Crippen LogP contribution in [-0.4, -0.2) is 29.9 Å². The van der Waals surface area contributed by atoms with E-state index < -0.39 is 11.7 Å². The Morgan fingerprint density at radius 2 is 1.90 bits per heavy atom. The number of nitrogens with one attached hydrogen (secondary N) is 1. The molecule has 1 aliphatic heterocycles. The Labute approximate surface area is 172 Å². The second-order valence-corrected chi connectivity index (χ2v) is 8.78. The first-order chi connectivity index (χ1) is 13.8. The van der Waals surface area contributed by atoms with Crippen molar-refractivity contribution in [2.24, 2.45) is 17.8 Å². The van der Waals surface area contributed by atoms with Crippen LogP contribution in [0, 0.1) is 17.8 Å². The monoisotopic (exact) mass is 410 g/mol. The summed E-state index contributed by atoms with van der Waals surface area (Å²) in [6, 6.07) is 5.84. The number of nitrogens with zero attached hydrogens (tertiary/aromatic N) is 1. The summed E-state index contributed by atoms with van der Waals surface area (Å²) in [5.41, 5.74) is 0.115. The zero-order valence-corrected chi connectivity index (χ0v) is 17.5. The van der Waals surface area contributed by atoms with Gasteiger partial charge in [-0.3, -0.25) is 9.69 Å². The lowest BCUT2D eigenvalue weighted by Gasteiger charge is -2.24. The molecule has 162 valence electrons. The Bertz CT molecular complexity index is 685. The fourth-order valence-corrected chi connectivity index (χ4v) is 5.17. The highest BCUT2D eigenvalue weighted by atomic mass is 19.4. The van der Waals surface area contributed by atoms with E-state index >= 15 is 0 Å². The third-order valence-corrected chi connectivity index (χ3v) is 6.57. The first kappa shape index (κ1) is 22.1. The molecule has 1 amide bonds. The molecule has 1 N–H and O–H groups in total. The number of hydrogen-bond donors (Lipinski definition) is 1. The van der Waals surface area contributed by atoms with Gasteiger partial charge in [0.1, 0.15) is 0 Å². The number of alkyl halides is 3. The minimum absolute atomic E-state index is 0.103. The van der Waals surface area contributed by atoms with E-state index in [1.54, 1.807) is 6.07 Å². The average molecular weight is 411 g/mol. The Hall–Kier alpha value is -1.56. The summed E-state index contributed by atoms with van der Waals surface area (Å²) in [4.78, 5) is 15.0. The number of likely N-dealkylation sites (tertiary alicyclic amines) is 1. The molecule has 29 heavy (non-hydrogen) atoms. The van der Waals surface area contributed by atoms with E-state index in [1.807, 2.05) is 0 Å². The van der Waals surface area contributed by atoms with Gasteiger partial charge in [0, 0.05) is 31.6 Å². The van der Waals surface area contributed by atoms with Gasteiger partial charge in [-0.2, -0.15) is 13.2 Å². The van der Waals surface area contributed by atoms with Crippen molar-refractivity contribution in [3.8, 4) is 0 Å².